The van der Waals surface area contributed by atoms with Crippen LogP contribution < -0.4 is 16.2 Å². The molecule has 1 unspecified atom stereocenters. The highest BCUT2D eigenvalue weighted by Crippen LogP contribution is 2.27. The summed E-state index contributed by atoms with van der Waals surface area (Å²) in [6, 6.07) is 5.69. The lowest BCUT2D eigenvalue weighted by atomic mass is 10.1. The van der Waals surface area contributed by atoms with E-state index in [1.807, 2.05) is 25.1 Å². The van der Waals surface area contributed by atoms with Crippen molar-refractivity contribution < 1.29 is 9.53 Å². The summed E-state index contributed by atoms with van der Waals surface area (Å²) in [4.78, 5) is 11.1. The maximum atomic E-state index is 11.1. The molecule has 0 bridgehead atoms. The largest absolute Gasteiger partial charge is 0.479 e. The highest BCUT2D eigenvalue weighted by Gasteiger charge is 2.15. The van der Waals surface area contributed by atoms with Crippen LogP contribution in [0.3, 0.4) is 0 Å². The summed E-state index contributed by atoms with van der Waals surface area (Å²) in [6.45, 7) is 2.46. The number of hydrogen-bond acceptors (Lipinski definition) is 3. The molecule has 0 aliphatic rings. The first kappa shape index (κ1) is 14.0. The number of carbonyl (C=O) groups is 1. The highest BCUT2D eigenvalue weighted by molar-refractivity contribution is 9.10. The molecule has 1 rings (SSSR count). The van der Waals surface area contributed by atoms with E-state index in [4.69, 9.17) is 16.2 Å². The van der Waals surface area contributed by atoms with Gasteiger partial charge in [0, 0.05) is 0 Å². The van der Waals surface area contributed by atoms with Crippen LogP contribution in [0.1, 0.15) is 18.9 Å². The van der Waals surface area contributed by atoms with Crippen LogP contribution in [-0.4, -0.2) is 18.6 Å². The van der Waals surface area contributed by atoms with E-state index in [9.17, 15) is 4.79 Å². The Balaban J connectivity index is 2.81. The Hall–Kier alpha value is -1.07. The van der Waals surface area contributed by atoms with Gasteiger partial charge < -0.3 is 16.2 Å². The number of halogens is 1. The minimum atomic E-state index is -0.591. The van der Waals surface area contributed by atoms with E-state index >= 15 is 0 Å². The summed E-state index contributed by atoms with van der Waals surface area (Å²) in [5.74, 6) is 0.168. The lowest BCUT2D eigenvalue weighted by molar-refractivity contribution is -0.124. The first-order valence-corrected chi connectivity index (χ1v) is 6.32. The number of rotatable bonds is 6. The van der Waals surface area contributed by atoms with Crippen LogP contribution in [0.15, 0.2) is 22.7 Å². The average Bonchev–Trinajstić information content (AvgIpc) is 2.28. The smallest absolute Gasteiger partial charge is 0.258 e. The fourth-order valence-corrected chi connectivity index (χ4v) is 1.98. The predicted molar refractivity (Wildman–Crippen MR) is 70.8 cm³/mol. The minimum Gasteiger partial charge on any atom is -0.479 e. The second kappa shape index (κ2) is 6.61. The Morgan fingerprint density at radius 2 is 2.24 bits per heavy atom. The number of ether oxygens (including phenoxy) is 1. The zero-order valence-corrected chi connectivity index (χ0v) is 11.4. The van der Waals surface area contributed by atoms with Crippen molar-refractivity contribution in [3.05, 3.63) is 28.2 Å². The Labute approximate surface area is 109 Å². The van der Waals surface area contributed by atoms with E-state index in [1.54, 1.807) is 0 Å². The summed E-state index contributed by atoms with van der Waals surface area (Å²) < 4.78 is 6.34. The van der Waals surface area contributed by atoms with E-state index in [2.05, 4.69) is 15.9 Å². The van der Waals surface area contributed by atoms with Gasteiger partial charge in [0.25, 0.3) is 5.91 Å². The third-order valence-electron chi connectivity index (χ3n) is 2.39. The van der Waals surface area contributed by atoms with Crippen molar-refractivity contribution in [2.24, 2.45) is 11.5 Å². The van der Waals surface area contributed by atoms with E-state index in [1.165, 1.54) is 0 Å². The second-order valence-electron chi connectivity index (χ2n) is 3.72. The van der Waals surface area contributed by atoms with Gasteiger partial charge in [0.2, 0.25) is 0 Å². The summed E-state index contributed by atoms with van der Waals surface area (Å²) in [5, 5.41) is 0. The van der Waals surface area contributed by atoms with Gasteiger partial charge in [-0.05, 0) is 53.0 Å². The molecule has 0 aromatic heterocycles. The molecular weight excluding hydrogens is 284 g/mol. The molecule has 0 saturated carbocycles. The molecule has 1 amide bonds. The van der Waals surface area contributed by atoms with Crippen molar-refractivity contribution in [3.63, 3.8) is 0 Å². The molecule has 1 aromatic rings. The lowest BCUT2D eigenvalue weighted by Gasteiger charge is -2.15. The summed E-state index contributed by atoms with van der Waals surface area (Å²) in [7, 11) is 0. The first-order chi connectivity index (χ1) is 8.08. The lowest BCUT2D eigenvalue weighted by Crippen LogP contribution is -2.33. The third kappa shape index (κ3) is 4.02. The van der Waals surface area contributed by atoms with E-state index in [0.717, 1.165) is 16.5 Å². The monoisotopic (exact) mass is 300 g/mol. The van der Waals surface area contributed by atoms with Crippen LogP contribution in [-0.2, 0) is 11.2 Å². The molecule has 4 N–H and O–H groups in total. The van der Waals surface area contributed by atoms with Gasteiger partial charge in [-0.2, -0.15) is 0 Å². The number of hydrogen-bond donors (Lipinski definition) is 2. The van der Waals surface area contributed by atoms with Crippen molar-refractivity contribution in [2.75, 3.05) is 6.54 Å². The molecule has 0 radical (unpaired) electrons. The van der Waals surface area contributed by atoms with Crippen molar-refractivity contribution in [3.8, 4) is 5.75 Å². The molecule has 1 atom stereocenters. The molecule has 0 fully saturated rings. The predicted octanol–water partition coefficient (Wildman–Crippen LogP) is 1.59. The first-order valence-electron chi connectivity index (χ1n) is 5.53. The van der Waals surface area contributed by atoms with Gasteiger partial charge in [0.15, 0.2) is 6.10 Å². The second-order valence-corrected chi connectivity index (χ2v) is 4.57. The number of primary amides is 1. The molecule has 94 valence electrons. The van der Waals surface area contributed by atoms with Crippen LogP contribution in [0.4, 0.5) is 0 Å². The highest BCUT2D eigenvalue weighted by atomic mass is 79.9. The van der Waals surface area contributed by atoms with Crippen LogP contribution >= 0.6 is 15.9 Å². The molecule has 17 heavy (non-hydrogen) atoms. The fraction of sp³-hybridized carbons (Fsp3) is 0.417. The maximum absolute atomic E-state index is 11.1. The van der Waals surface area contributed by atoms with Gasteiger partial charge in [0.05, 0.1) is 4.47 Å². The van der Waals surface area contributed by atoms with Crippen molar-refractivity contribution >= 4 is 21.8 Å². The molecule has 1 aromatic carbocycles. The van der Waals surface area contributed by atoms with E-state index in [-0.39, 0.29) is 0 Å². The number of carbonyl (C=O) groups excluding carboxylic acids is 1. The molecule has 0 saturated heterocycles. The van der Waals surface area contributed by atoms with Gasteiger partial charge >= 0.3 is 0 Å². The van der Waals surface area contributed by atoms with Gasteiger partial charge in [-0.15, -0.1) is 0 Å². The molecule has 0 aliphatic heterocycles. The average molecular weight is 301 g/mol. The fourth-order valence-electron chi connectivity index (χ4n) is 1.46. The van der Waals surface area contributed by atoms with Crippen LogP contribution in [0, 0.1) is 0 Å². The maximum Gasteiger partial charge on any atom is 0.258 e. The molecule has 0 aliphatic carbocycles. The Morgan fingerprint density at radius 3 is 2.71 bits per heavy atom. The Kier molecular flexibility index (Phi) is 5.44. The van der Waals surface area contributed by atoms with Crippen LogP contribution in [0.5, 0.6) is 5.75 Å². The third-order valence-corrected chi connectivity index (χ3v) is 3.01. The number of amides is 1. The summed E-state index contributed by atoms with van der Waals surface area (Å²) in [5.41, 5.74) is 11.8. The normalized spacial score (nSPS) is 12.2. The zero-order chi connectivity index (χ0) is 12.8. The molecule has 0 heterocycles. The minimum absolute atomic E-state index is 0.453. The molecule has 0 spiro atoms. The van der Waals surface area contributed by atoms with Gasteiger partial charge in [-0.25, -0.2) is 0 Å². The Morgan fingerprint density at radius 1 is 1.53 bits per heavy atom. The van der Waals surface area contributed by atoms with Gasteiger partial charge in [-0.1, -0.05) is 13.0 Å². The quantitative estimate of drug-likeness (QED) is 0.837. The number of benzene rings is 1. The van der Waals surface area contributed by atoms with Gasteiger partial charge in [0.1, 0.15) is 5.75 Å². The van der Waals surface area contributed by atoms with Gasteiger partial charge in [-0.3, -0.25) is 4.79 Å². The topological polar surface area (TPSA) is 78.3 Å². The Bertz CT molecular complexity index is 396. The summed E-state index contributed by atoms with van der Waals surface area (Å²) in [6.07, 6.45) is 0.768. The van der Waals surface area contributed by atoms with E-state index < -0.39 is 12.0 Å². The molecule has 4 nitrogen and oxygen atoms in total. The number of nitrogens with two attached hydrogens (primary N) is 2. The van der Waals surface area contributed by atoms with Crippen LogP contribution in [0.2, 0.25) is 0 Å². The molecule has 5 heteroatoms. The van der Waals surface area contributed by atoms with E-state index in [0.29, 0.717) is 18.7 Å². The summed E-state index contributed by atoms with van der Waals surface area (Å²) >= 11 is 3.41. The van der Waals surface area contributed by atoms with Crippen molar-refractivity contribution in [2.45, 2.75) is 25.9 Å². The standard InChI is InChI=1S/C12H17BrN2O2/c1-2-10(12(15)16)17-11-4-3-8(5-6-14)7-9(11)13/h3-4,7,10H,2,5-6,14H2,1H3,(H2,15,16). The van der Waals surface area contributed by atoms with Crippen molar-refractivity contribution in [1.82, 2.24) is 0 Å². The molecular formula is C12H17BrN2O2. The zero-order valence-electron chi connectivity index (χ0n) is 9.78. The van der Waals surface area contributed by atoms with Crippen LogP contribution in [0.25, 0.3) is 0 Å². The SMILES string of the molecule is CCC(Oc1ccc(CCN)cc1Br)C(N)=O. The van der Waals surface area contributed by atoms with Crippen molar-refractivity contribution in [1.29, 1.82) is 0 Å².